The van der Waals surface area contributed by atoms with Crippen LogP contribution in [-0.4, -0.2) is 168 Å². The summed E-state index contributed by atoms with van der Waals surface area (Å²) in [5, 5.41) is 26.7. The van der Waals surface area contributed by atoms with Crippen molar-refractivity contribution >= 4 is 70.3 Å². The zero-order valence-corrected chi connectivity index (χ0v) is 43.1. The lowest BCUT2D eigenvalue weighted by Gasteiger charge is -2.37. The molecule has 408 valence electrons. The van der Waals surface area contributed by atoms with Gasteiger partial charge in [0.2, 0.25) is 41.4 Å². The Labute approximate surface area is 431 Å². The van der Waals surface area contributed by atoms with Crippen molar-refractivity contribution in [3.8, 4) is 0 Å². The monoisotopic (exact) mass is 1060 g/mol. The van der Waals surface area contributed by atoms with Crippen LogP contribution in [0.4, 0.5) is 18.4 Å². The normalized spacial score (nSPS) is 14.4. The minimum Gasteiger partial charge on any atom is -0.447 e. The Morgan fingerprint density at radius 3 is 2.01 bits per heavy atom. The number of benzene rings is 2. The first kappa shape index (κ1) is 61.3. The Kier molecular flexibility index (Phi) is 26.2. The first-order chi connectivity index (χ1) is 35.2. The summed E-state index contributed by atoms with van der Waals surface area (Å²) in [6, 6.07) is 9.74. The van der Waals surface area contributed by atoms with Crippen molar-refractivity contribution in [3.63, 3.8) is 0 Å². The molecule has 0 aromatic heterocycles. The van der Waals surface area contributed by atoms with Crippen molar-refractivity contribution in [3.05, 3.63) is 71.3 Å². The van der Waals surface area contributed by atoms with Crippen molar-refractivity contribution in [1.29, 1.82) is 0 Å². The minimum atomic E-state index is -1.35. The lowest BCUT2D eigenvalue weighted by Crippen LogP contribution is -2.52. The lowest BCUT2D eigenvalue weighted by molar-refractivity contribution is -0.131. The number of rotatable bonds is 30. The number of alkyl carbamates (subject to hydrolysis) is 1. The fourth-order valence-corrected chi connectivity index (χ4v) is 8.00. The van der Waals surface area contributed by atoms with E-state index in [0.717, 1.165) is 40.0 Å². The molecule has 0 radical (unpaired) electrons. The highest BCUT2D eigenvalue weighted by atomic mass is 32.2. The Morgan fingerprint density at radius 2 is 1.36 bits per heavy atom. The van der Waals surface area contributed by atoms with Gasteiger partial charge in [-0.3, -0.25) is 38.4 Å². The van der Waals surface area contributed by atoms with Crippen LogP contribution in [-0.2, 0) is 57.5 Å². The second-order valence-electron chi connectivity index (χ2n) is 17.5. The number of thioether (sulfide) groups is 1. The molecule has 2 atom stereocenters. The second-order valence-corrected chi connectivity index (χ2v) is 18.8. The summed E-state index contributed by atoms with van der Waals surface area (Å²) in [6.45, 7) is 3.94. The third-order valence-electron chi connectivity index (χ3n) is 10.2. The molecule has 0 aliphatic carbocycles. The minimum absolute atomic E-state index is 0.00681. The van der Waals surface area contributed by atoms with E-state index in [0.29, 0.717) is 5.56 Å². The number of nitrogens with one attached hydrogen (secondary N) is 8. The number of hydroxylamine groups is 2. The molecule has 74 heavy (non-hydrogen) atoms. The van der Waals surface area contributed by atoms with Gasteiger partial charge in [-0.05, 0) is 42.0 Å². The van der Waals surface area contributed by atoms with Gasteiger partial charge in [0.25, 0.3) is 0 Å². The molecule has 0 bridgehead atoms. The molecule has 2 aromatic rings. The van der Waals surface area contributed by atoms with E-state index >= 15 is 0 Å². The zero-order valence-electron chi connectivity index (χ0n) is 42.3. The van der Waals surface area contributed by atoms with Gasteiger partial charge < -0.3 is 56.7 Å². The molecule has 1 unspecified atom stereocenters. The Balaban J connectivity index is 1.34. The van der Waals surface area contributed by atoms with Crippen LogP contribution in [0.5, 0.6) is 0 Å². The van der Waals surface area contributed by atoms with Crippen LogP contribution < -0.4 is 42.5 Å². The van der Waals surface area contributed by atoms with Crippen LogP contribution in [0.25, 0.3) is 0 Å². The molecule has 10 amide bonds. The molecule has 1 aliphatic heterocycles. The predicted molar refractivity (Wildman–Crippen MR) is 265 cm³/mol. The molecule has 8 N–H and O–H groups in total. The van der Waals surface area contributed by atoms with Crippen molar-refractivity contribution in [2.75, 3.05) is 93.5 Å². The van der Waals surface area contributed by atoms with E-state index in [-0.39, 0.29) is 99.9 Å². The Hall–Kier alpha value is -6.97. The lowest BCUT2D eigenvalue weighted by atomic mass is 9.92. The molecule has 0 saturated heterocycles. The highest BCUT2D eigenvalue weighted by molar-refractivity contribution is 8.15. The van der Waals surface area contributed by atoms with Gasteiger partial charge >= 0.3 is 12.1 Å². The van der Waals surface area contributed by atoms with Crippen LogP contribution >= 0.6 is 11.8 Å². The van der Waals surface area contributed by atoms with E-state index in [1.165, 1.54) is 21.3 Å². The summed E-state index contributed by atoms with van der Waals surface area (Å²) < 4.78 is 44.5. The number of urea groups is 1. The topological polar surface area (TPSA) is 306 Å². The van der Waals surface area contributed by atoms with Crippen LogP contribution in [0.1, 0.15) is 64.0 Å². The number of ether oxygens (including phenoxy) is 3. The third-order valence-corrected chi connectivity index (χ3v) is 11.7. The zero-order chi connectivity index (χ0) is 54.7. The molecule has 2 aromatic carbocycles. The van der Waals surface area contributed by atoms with E-state index in [9.17, 15) is 51.9 Å². The average Bonchev–Trinajstić information content (AvgIpc) is 3.75. The van der Waals surface area contributed by atoms with Crippen LogP contribution in [0.2, 0.25) is 0 Å². The molecule has 3 rings (SSSR count). The summed E-state index contributed by atoms with van der Waals surface area (Å²) in [7, 11) is 4.09. The van der Waals surface area contributed by atoms with Crippen molar-refractivity contribution in [2.45, 2.75) is 63.8 Å². The van der Waals surface area contributed by atoms with Gasteiger partial charge in [-0.15, -0.1) is 0 Å². The Morgan fingerprint density at radius 1 is 0.743 bits per heavy atom. The number of hydrazone groups is 1. The van der Waals surface area contributed by atoms with Crippen LogP contribution in [0.3, 0.4) is 0 Å². The average molecular weight is 1060 g/mol. The van der Waals surface area contributed by atoms with Gasteiger partial charge in [-0.1, -0.05) is 62.9 Å². The molecule has 0 spiro atoms. The summed E-state index contributed by atoms with van der Waals surface area (Å²) >= 11 is 1.06. The number of methoxy groups -OCH3 is 1. The van der Waals surface area contributed by atoms with Gasteiger partial charge in [-0.25, -0.2) is 23.4 Å². The molecular weight excluding hydrogens is 997 g/mol. The molecule has 1 aliphatic rings. The summed E-state index contributed by atoms with van der Waals surface area (Å²) in [4.78, 5) is 117. The standard InChI is InChI=1S/C47H67F2N11O13S/c1-46(2,3)26-38(63)51-19-15-37(62)56-27-39(64)57-35(42(67)54-23-24-70-5)28-73-44(68)55-20-16-36(61)52-21-22-53-41(66)30-72-29-40(65)50-18-10-17-47(31-11-8-7-9-12-31)60(45(69)59(4)71-6)58-43(74-47)33-25-32(48)13-14-34(33)49/h7-9,11-14,25,35H,10,15-24,26-30H2,1-6H3,(H,50,65)(H,51,63)(H,52,61)(H,53,66)(H,54,67)(H,55,68)(H,56,62)(H,57,64)/t35?,47-/m0/s1. The maximum absolute atomic E-state index is 15.0. The molecule has 27 heteroatoms. The number of carbonyl (C=O) groups excluding carboxylic acids is 9. The number of nitrogens with zero attached hydrogens (tertiary/aromatic N) is 3. The summed E-state index contributed by atoms with van der Waals surface area (Å²) in [5.41, 5.74) is 0.264. The molecule has 0 fully saturated rings. The van der Waals surface area contributed by atoms with E-state index in [1.54, 1.807) is 30.3 Å². The smallest absolute Gasteiger partial charge is 0.407 e. The van der Waals surface area contributed by atoms with E-state index in [1.807, 2.05) is 20.8 Å². The van der Waals surface area contributed by atoms with Gasteiger partial charge in [-0.2, -0.15) is 10.1 Å². The molecular formula is C47H67F2N11O13S. The number of halogens is 2. The van der Waals surface area contributed by atoms with Gasteiger partial charge in [0.05, 0.1) is 20.3 Å². The summed E-state index contributed by atoms with van der Waals surface area (Å²) in [6.07, 6.45) is -0.521. The first-order valence-corrected chi connectivity index (χ1v) is 24.3. The molecule has 1 heterocycles. The molecule has 0 saturated carbocycles. The number of hydrogen-bond donors (Lipinski definition) is 8. The van der Waals surface area contributed by atoms with Gasteiger partial charge in [0, 0.05) is 78.3 Å². The maximum Gasteiger partial charge on any atom is 0.407 e. The summed E-state index contributed by atoms with van der Waals surface area (Å²) in [5.74, 6) is -5.21. The fraction of sp³-hybridized carbons (Fsp3) is 0.532. The largest absolute Gasteiger partial charge is 0.447 e. The van der Waals surface area contributed by atoms with Gasteiger partial charge in [0.1, 0.15) is 47.4 Å². The van der Waals surface area contributed by atoms with Crippen LogP contribution in [0, 0.1) is 17.0 Å². The van der Waals surface area contributed by atoms with Crippen molar-refractivity contribution in [2.24, 2.45) is 10.5 Å². The van der Waals surface area contributed by atoms with Crippen LogP contribution in [0.15, 0.2) is 53.6 Å². The number of carbonyl (C=O) groups is 9. The van der Waals surface area contributed by atoms with Crippen molar-refractivity contribution in [1.82, 2.24) is 52.6 Å². The molecule has 24 nitrogen and oxygen atoms in total. The second kappa shape index (κ2) is 31.6. The maximum atomic E-state index is 15.0. The first-order valence-electron chi connectivity index (χ1n) is 23.5. The van der Waals surface area contributed by atoms with E-state index in [4.69, 9.17) is 19.0 Å². The van der Waals surface area contributed by atoms with E-state index < -0.39 is 96.5 Å². The fourth-order valence-electron chi connectivity index (χ4n) is 6.58. The predicted octanol–water partition coefficient (Wildman–Crippen LogP) is 0.709. The highest BCUT2D eigenvalue weighted by Gasteiger charge is 2.50. The van der Waals surface area contributed by atoms with Crippen molar-refractivity contribution < 1.29 is 71.0 Å². The van der Waals surface area contributed by atoms with E-state index in [2.05, 4.69) is 47.6 Å². The Bertz CT molecular complexity index is 2280. The highest BCUT2D eigenvalue weighted by Crippen LogP contribution is 2.51. The number of amides is 10. The third kappa shape index (κ3) is 22.0. The quantitative estimate of drug-likeness (QED) is 0.0395. The van der Waals surface area contributed by atoms with Gasteiger partial charge in [0.15, 0.2) is 0 Å². The number of hydrogen-bond acceptors (Lipinski definition) is 15. The SMILES string of the molecule is COCCNC(=O)C(COC(=O)NCCC(=O)NCCNC(=O)COCC(=O)NCCC[C@@]1(c2ccccc2)SC(c2cc(F)ccc2F)=NN1C(=O)N(C)OC)NC(=O)CNC(=O)CCNC(=O)CC(C)(C)C.